The lowest BCUT2D eigenvalue weighted by molar-refractivity contribution is -0.192. The fourth-order valence-electron chi connectivity index (χ4n) is 0.153. The molecule has 10 heavy (non-hydrogen) atoms. The largest absolute Gasteiger partial charge is 0.510 e. The predicted molar refractivity (Wildman–Crippen MR) is 31.0 cm³/mol. The molecule has 0 aromatic rings. The SMILES string of the molecule is C=C.CC(F)(F)OC(=O)O. The van der Waals surface area contributed by atoms with Gasteiger partial charge in [0.2, 0.25) is 0 Å². The second kappa shape index (κ2) is 4.72. The van der Waals surface area contributed by atoms with Gasteiger partial charge in [-0.25, -0.2) is 4.79 Å². The van der Waals surface area contributed by atoms with E-state index in [1.165, 1.54) is 0 Å². The molecule has 0 heterocycles. The zero-order valence-electron chi connectivity index (χ0n) is 5.43. The van der Waals surface area contributed by atoms with Crippen molar-refractivity contribution in [2.24, 2.45) is 0 Å². The Balaban J connectivity index is 0. The molecule has 0 bridgehead atoms. The summed E-state index contributed by atoms with van der Waals surface area (Å²) in [5, 5.41) is 7.55. The molecular weight excluding hydrogens is 146 g/mol. The Morgan fingerprint density at radius 1 is 1.60 bits per heavy atom. The van der Waals surface area contributed by atoms with Crippen LogP contribution >= 0.6 is 0 Å². The van der Waals surface area contributed by atoms with E-state index in [1.54, 1.807) is 0 Å². The first kappa shape index (κ1) is 11.6. The molecular formula is C5H8F2O3. The topological polar surface area (TPSA) is 46.5 Å². The number of hydrogen-bond donors (Lipinski definition) is 1. The van der Waals surface area contributed by atoms with Gasteiger partial charge in [-0.1, -0.05) is 0 Å². The first-order chi connectivity index (χ1) is 4.42. The van der Waals surface area contributed by atoms with Crippen LogP contribution in [-0.4, -0.2) is 17.4 Å². The van der Waals surface area contributed by atoms with Gasteiger partial charge in [0.05, 0.1) is 0 Å². The highest BCUT2D eigenvalue weighted by Crippen LogP contribution is 2.12. The van der Waals surface area contributed by atoms with Gasteiger partial charge in [0.1, 0.15) is 0 Å². The minimum absolute atomic E-state index is 0.348. The zero-order valence-corrected chi connectivity index (χ0v) is 5.43. The van der Waals surface area contributed by atoms with Crippen molar-refractivity contribution < 1.29 is 23.4 Å². The van der Waals surface area contributed by atoms with E-state index < -0.39 is 12.3 Å². The number of carbonyl (C=O) groups is 1. The highest BCUT2D eigenvalue weighted by atomic mass is 19.3. The van der Waals surface area contributed by atoms with Crippen LogP contribution < -0.4 is 0 Å². The monoisotopic (exact) mass is 154 g/mol. The minimum atomic E-state index is -3.58. The summed E-state index contributed by atoms with van der Waals surface area (Å²) in [4.78, 5) is 9.31. The minimum Gasteiger partial charge on any atom is -0.450 e. The van der Waals surface area contributed by atoms with Gasteiger partial charge >= 0.3 is 12.3 Å². The molecule has 60 valence electrons. The van der Waals surface area contributed by atoms with Crippen molar-refractivity contribution in [1.29, 1.82) is 0 Å². The third-order valence-corrected chi connectivity index (χ3v) is 0.267. The summed E-state index contributed by atoms with van der Waals surface area (Å²) in [6.45, 7) is 6.35. The molecule has 0 fully saturated rings. The standard InChI is InChI=1S/C3H4F2O3.C2H4/c1-3(4,5)8-2(6)7;1-2/h1H3,(H,6,7);1-2H2. The van der Waals surface area contributed by atoms with E-state index in [1.807, 2.05) is 0 Å². The Hall–Kier alpha value is -1.13. The molecule has 0 unspecified atom stereocenters. The first-order valence-corrected chi connectivity index (χ1v) is 2.21. The van der Waals surface area contributed by atoms with Crippen LogP contribution in [0.1, 0.15) is 6.92 Å². The van der Waals surface area contributed by atoms with E-state index in [2.05, 4.69) is 17.9 Å². The molecule has 0 rings (SSSR count). The molecule has 0 saturated carbocycles. The molecule has 0 aromatic carbocycles. The number of alkyl halides is 2. The molecule has 0 radical (unpaired) electrons. The van der Waals surface area contributed by atoms with Crippen LogP contribution in [0.4, 0.5) is 13.6 Å². The molecule has 0 aliphatic heterocycles. The molecule has 0 aliphatic rings. The van der Waals surface area contributed by atoms with Gasteiger partial charge in [0.25, 0.3) is 0 Å². The summed E-state index contributed by atoms with van der Waals surface area (Å²) in [6, 6.07) is 0. The molecule has 0 amide bonds. The molecule has 1 N–H and O–H groups in total. The van der Waals surface area contributed by atoms with Crippen LogP contribution in [0.15, 0.2) is 13.2 Å². The van der Waals surface area contributed by atoms with E-state index in [0.29, 0.717) is 6.92 Å². The van der Waals surface area contributed by atoms with Gasteiger partial charge in [0, 0.05) is 6.92 Å². The number of rotatable bonds is 1. The maximum atomic E-state index is 11.4. The maximum Gasteiger partial charge on any atom is 0.510 e. The van der Waals surface area contributed by atoms with Gasteiger partial charge in [-0.2, -0.15) is 8.78 Å². The second-order valence-corrected chi connectivity index (χ2v) is 1.18. The average Bonchev–Trinajstić information content (AvgIpc) is 1.64. The fourth-order valence-corrected chi connectivity index (χ4v) is 0.153. The number of halogens is 2. The summed E-state index contributed by atoms with van der Waals surface area (Å²) >= 11 is 0. The van der Waals surface area contributed by atoms with Crippen molar-refractivity contribution in [2.75, 3.05) is 0 Å². The van der Waals surface area contributed by atoms with Gasteiger partial charge in [-0.05, 0) is 0 Å². The highest BCUT2D eigenvalue weighted by molar-refractivity contribution is 5.57. The quantitative estimate of drug-likeness (QED) is 0.464. The molecule has 0 aromatic heterocycles. The van der Waals surface area contributed by atoms with E-state index in [0.717, 1.165) is 0 Å². The lowest BCUT2D eigenvalue weighted by Crippen LogP contribution is -2.18. The second-order valence-electron chi connectivity index (χ2n) is 1.18. The van der Waals surface area contributed by atoms with Crippen molar-refractivity contribution in [3.63, 3.8) is 0 Å². The maximum absolute atomic E-state index is 11.4. The van der Waals surface area contributed by atoms with E-state index in [4.69, 9.17) is 5.11 Å². The van der Waals surface area contributed by atoms with Crippen LogP contribution in [0.3, 0.4) is 0 Å². The summed E-state index contributed by atoms with van der Waals surface area (Å²) in [5.41, 5.74) is 0. The Kier molecular flexibility index (Phi) is 5.50. The van der Waals surface area contributed by atoms with Crippen LogP contribution in [0.25, 0.3) is 0 Å². The Bertz CT molecular complexity index is 108. The molecule has 0 spiro atoms. The molecule has 0 saturated heterocycles. The van der Waals surface area contributed by atoms with Crippen LogP contribution in [0.5, 0.6) is 0 Å². The average molecular weight is 154 g/mol. The summed E-state index contributed by atoms with van der Waals surface area (Å²) in [7, 11) is 0. The van der Waals surface area contributed by atoms with Crippen molar-refractivity contribution in [1.82, 2.24) is 0 Å². The van der Waals surface area contributed by atoms with E-state index in [9.17, 15) is 13.6 Å². The Labute approximate surface area is 56.9 Å². The Morgan fingerprint density at radius 2 is 1.90 bits per heavy atom. The fraction of sp³-hybridized carbons (Fsp3) is 0.400. The van der Waals surface area contributed by atoms with Gasteiger partial charge < -0.3 is 9.84 Å². The van der Waals surface area contributed by atoms with E-state index in [-0.39, 0.29) is 0 Å². The third kappa shape index (κ3) is 15.8. The zero-order chi connectivity index (χ0) is 8.78. The summed E-state index contributed by atoms with van der Waals surface area (Å²) in [5.74, 6) is 0. The first-order valence-electron chi connectivity index (χ1n) is 2.21. The number of carboxylic acid groups (broad SMARTS) is 1. The number of hydrogen-bond acceptors (Lipinski definition) is 2. The van der Waals surface area contributed by atoms with Gasteiger partial charge in [0.15, 0.2) is 0 Å². The predicted octanol–water partition coefficient (Wildman–Crippen LogP) is 2.10. The summed E-state index contributed by atoms with van der Waals surface area (Å²) in [6.07, 6.45) is -5.55. The molecule has 0 aliphatic carbocycles. The lowest BCUT2D eigenvalue weighted by Gasteiger charge is -2.05. The lowest BCUT2D eigenvalue weighted by atomic mass is 10.7. The van der Waals surface area contributed by atoms with Crippen molar-refractivity contribution >= 4 is 6.16 Å². The van der Waals surface area contributed by atoms with Crippen molar-refractivity contribution in [3.05, 3.63) is 13.2 Å². The van der Waals surface area contributed by atoms with Crippen molar-refractivity contribution in [2.45, 2.75) is 13.0 Å². The Morgan fingerprint density at radius 3 is 1.90 bits per heavy atom. The highest BCUT2D eigenvalue weighted by Gasteiger charge is 2.25. The van der Waals surface area contributed by atoms with Crippen LogP contribution in [0, 0.1) is 0 Å². The van der Waals surface area contributed by atoms with Gasteiger partial charge in [-0.15, -0.1) is 13.2 Å². The van der Waals surface area contributed by atoms with Crippen LogP contribution in [0.2, 0.25) is 0 Å². The molecule has 0 atom stereocenters. The summed E-state index contributed by atoms with van der Waals surface area (Å²) < 4.78 is 25.8. The van der Waals surface area contributed by atoms with Gasteiger partial charge in [-0.3, -0.25) is 0 Å². The molecule has 5 heteroatoms. The van der Waals surface area contributed by atoms with Crippen molar-refractivity contribution in [3.8, 4) is 0 Å². The van der Waals surface area contributed by atoms with E-state index >= 15 is 0 Å². The van der Waals surface area contributed by atoms with Crippen LogP contribution in [-0.2, 0) is 4.74 Å². The molecule has 3 nitrogen and oxygen atoms in total. The number of ether oxygens (including phenoxy) is 1. The normalized spacial score (nSPS) is 9.10. The smallest absolute Gasteiger partial charge is 0.450 e. The third-order valence-electron chi connectivity index (χ3n) is 0.267.